The Hall–Kier alpha value is -1.85. The Morgan fingerprint density at radius 2 is 2.22 bits per heavy atom. The van der Waals surface area contributed by atoms with Crippen molar-refractivity contribution in [2.45, 2.75) is 20.8 Å². The summed E-state index contributed by atoms with van der Waals surface area (Å²) in [7, 11) is 1.54. The zero-order valence-electron chi connectivity index (χ0n) is 11.2. The number of methoxy groups -OCH3 is 1. The normalized spacial score (nSPS) is 12.0. The summed E-state index contributed by atoms with van der Waals surface area (Å²) >= 11 is 0. The zero-order valence-corrected chi connectivity index (χ0v) is 11.2. The van der Waals surface area contributed by atoms with E-state index in [-0.39, 0.29) is 0 Å². The SMILES string of the molecule is CCN(CC(C)C(=O)O)c1nc(C)cc(OC)n1. The van der Waals surface area contributed by atoms with Crippen LogP contribution in [0.1, 0.15) is 19.5 Å². The van der Waals surface area contributed by atoms with Gasteiger partial charge in [0.2, 0.25) is 11.8 Å². The van der Waals surface area contributed by atoms with Crippen LogP contribution in [0.4, 0.5) is 5.95 Å². The molecule has 0 fully saturated rings. The number of hydrogen-bond acceptors (Lipinski definition) is 5. The molecule has 0 aromatic carbocycles. The number of aryl methyl sites for hydroxylation is 1. The van der Waals surface area contributed by atoms with Gasteiger partial charge in [-0.15, -0.1) is 0 Å². The third-order valence-electron chi connectivity index (χ3n) is 2.61. The third-order valence-corrected chi connectivity index (χ3v) is 2.61. The topological polar surface area (TPSA) is 75.6 Å². The molecule has 0 bridgehead atoms. The Labute approximate surface area is 107 Å². The first-order valence-electron chi connectivity index (χ1n) is 5.85. The second kappa shape index (κ2) is 6.18. The maximum atomic E-state index is 10.9. The van der Waals surface area contributed by atoms with Crippen molar-refractivity contribution in [3.63, 3.8) is 0 Å². The van der Waals surface area contributed by atoms with Crippen molar-refractivity contribution in [3.8, 4) is 5.88 Å². The Morgan fingerprint density at radius 1 is 1.56 bits per heavy atom. The molecule has 0 aliphatic heterocycles. The van der Waals surface area contributed by atoms with E-state index in [9.17, 15) is 4.79 Å². The average Bonchev–Trinajstić information content (AvgIpc) is 2.34. The highest BCUT2D eigenvalue weighted by Crippen LogP contribution is 2.16. The lowest BCUT2D eigenvalue weighted by atomic mass is 10.2. The van der Waals surface area contributed by atoms with Crippen molar-refractivity contribution >= 4 is 11.9 Å². The Balaban J connectivity index is 2.94. The van der Waals surface area contributed by atoms with Crippen molar-refractivity contribution in [3.05, 3.63) is 11.8 Å². The molecule has 1 heterocycles. The molecule has 100 valence electrons. The number of aromatic nitrogens is 2. The molecule has 0 amide bonds. The molecular formula is C12H19N3O3. The summed E-state index contributed by atoms with van der Waals surface area (Å²) in [6.45, 7) is 6.47. The van der Waals surface area contributed by atoms with Gasteiger partial charge < -0.3 is 14.7 Å². The van der Waals surface area contributed by atoms with Gasteiger partial charge in [0.25, 0.3) is 0 Å². The Bertz CT molecular complexity index is 423. The molecule has 0 spiro atoms. The highest BCUT2D eigenvalue weighted by atomic mass is 16.5. The number of rotatable bonds is 6. The lowest BCUT2D eigenvalue weighted by molar-refractivity contribution is -0.140. The molecule has 0 saturated carbocycles. The van der Waals surface area contributed by atoms with Gasteiger partial charge in [-0.25, -0.2) is 4.98 Å². The molecule has 1 aromatic rings. The summed E-state index contributed by atoms with van der Waals surface area (Å²) in [5.41, 5.74) is 0.790. The molecule has 0 aliphatic rings. The number of carbonyl (C=O) groups is 1. The van der Waals surface area contributed by atoms with Gasteiger partial charge in [-0.05, 0) is 13.8 Å². The molecule has 6 heteroatoms. The van der Waals surface area contributed by atoms with Gasteiger partial charge in [0.1, 0.15) is 0 Å². The highest BCUT2D eigenvalue weighted by molar-refractivity contribution is 5.70. The van der Waals surface area contributed by atoms with E-state index in [2.05, 4.69) is 9.97 Å². The molecule has 0 aliphatic carbocycles. The van der Waals surface area contributed by atoms with E-state index in [1.54, 1.807) is 20.1 Å². The fourth-order valence-electron chi connectivity index (χ4n) is 1.53. The predicted octanol–water partition coefficient (Wildman–Crippen LogP) is 1.34. The quantitative estimate of drug-likeness (QED) is 0.824. The number of ether oxygens (including phenoxy) is 1. The lowest BCUT2D eigenvalue weighted by Gasteiger charge is -2.23. The molecule has 1 unspecified atom stereocenters. The largest absolute Gasteiger partial charge is 0.481 e. The van der Waals surface area contributed by atoms with Crippen LogP contribution in [-0.2, 0) is 4.79 Å². The maximum absolute atomic E-state index is 10.9. The minimum Gasteiger partial charge on any atom is -0.481 e. The lowest BCUT2D eigenvalue weighted by Crippen LogP contribution is -2.33. The zero-order chi connectivity index (χ0) is 13.7. The highest BCUT2D eigenvalue weighted by Gasteiger charge is 2.18. The van der Waals surface area contributed by atoms with Gasteiger partial charge in [-0.1, -0.05) is 6.92 Å². The summed E-state index contributed by atoms with van der Waals surface area (Å²) < 4.78 is 5.09. The monoisotopic (exact) mass is 253 g/mol. The first-order chi connectivity index (χ1) is 8.47. The molecule has 0 radical (unpaired) electrons. The number of hydrogen-bond donors (Lipinski definition) is 1. The van der Waals surface area contributed by atoms with Crippen LogP contribution in [0.2, 0.25) is 0 Å². The van der Waals surface area contributed by atoms with E-state index < -0.39 is 11.9 Å². The maximum Gasteiger partial charge on any atom is 0.308 e. The Kier molecular flexibility index (Phi) is 4.88. The fraction of sp³-hybridized carbons (Fsp3) is 0.583. The molecular weight excluding hydrogens is 234 g/mol. The van der Waals surface area contributed by atoms with Crippen LogP contribution in [0.15, 0.2) is 6.07 Å². The first kappa shape index (κ1) is 14.2. The molecule has 1 aromatic heterocycles. The van der Waals surface area contributed by atoms with Crippen molar-refractivity contribution in [1.82, 2.24) is 9.97 Å². The Morgan fingerprint density at radius 3 is 2.72 bits per heavy atom. The van der Waals surface area contributed by atoms with Gasteiger partial charge in [0.15, 0.2) is 0 Å². The molecule has 1 atom stereocenters. The van der Waals surface area contributed by atoms with Crippen LogP contribution in [0.3, 0.4) is 0 Å². The summed E-state index contributed by atoms with van der Waals surface area (Å²) in [6.07, 6.45) is 0. The van der Waals surface area contributed by atoms with E-state index in [0.29, 0.717) is 24.9 Å². The van der Waals surface area contributed by atoms with Crippen LogP contribution in [0.25, 0.3) is 0 Å². The second-order valence-electron chi connectivity index (χ2n) is 4.13. The summed E-state index contributed by atoms with van der Waals surface area (Å²) in [4.78, 5) is 21.3. The van der Waals surface area contributed by atoms with E-state index >= 15 is 0 Å². The number of carboxylic acids is 1. The van der Waals surface area contributed by atoms with Gasteiger partial charge in [-0.3, -0.25) is 4.79 Å². The number of nitrogens with zero attached hydrogens (tertiary/aromatic N) is 3. The smallest absolute Gasteiger partial charge is 0.308 e. The number of carboxylic acid groups (broad SMARTS) is 1. The van der Waals surface area contributed by atoms with Crippen LogP contribution < -0.4 is 9.64 Å². The first-order valence-corrected chi connectivity index (χ1v) is 5.85. The van der Waals surface area contributed by atoms with Gasteiger partial charge in [-0.2, -0.15) is 4.98 Å². The molecule has 1 N–H and O–H groups in total. The van der Waals surface area contributed by atoms with Crippen LogP contribution in [0.5, 0.6) is 5.88 Å². The summed E-state index contributed by atoms with van der Waals surface area (Å²) in [5, 5.41) is 8.94. The standard InChI is InChI=1S/C12H19N3O3/c1-5-15(7-8(2)11(16)17)12-13-9(3)6-10(14-12)18-4/h6,8H,5,7H2,1-4H3,(H,16,17). The van der Waals surface area contributed by atoms with E-state index in [1.807, 2.05) is 18.7 Å². The molecule has 18 heavy (non-hydrogen) atoms. The summed E-state index contributed by atoms with van der Waals surface area (Å²) in [5.74, 6) is -0.311. The van der Waals surface area contributed by atoms with E-state index in [0.717, 1.165) is 5.69 Å². The van der Waals surface area contributed by atoms with Crippen molar-refractivity contribution < 1.29 is 14.6 Å². The third kappa shape index (κ3) is 3.58. The van der Waals surface area contributed by atoms with Crippen LogP contribution in [0, 0.1) is 12.8 Å². The molecule has 0 saturated heterocycles. The summed E-state index contributed by atoms with van der Waals surface area (Å²) in [6, 6.07) is 1.73. The fourth-order valence-corrected chi connectivity index (χ4v) is 1.53. The second-order valence-corrected chi connectivity index (χ2v) is 4.13. The number of anilines is 1. The predicted molar refractivity (Wildman–Crippen MR) is 68.0 cm³/mol. The van der Waals surface area contributed by atoms with Crippen LogP contribution >= 0.6 is 0 Å². The van der Waals surface area contributed by atoms with Gasteiger partial charge in [0, 0.05) is 24.8 Å². The van der Waals surface area contributed by atoms with E-state index in [1.165, 1.54) is 0 Å². The van der Waals surface area contributed by atoms with E-state index in [4.69, 9.17) is 9.84 Å². The minimum absolute atomic E-state index is 0.373. The van der Waals surface area contributed by atoms with Crippen molar-refractivity contribution in [1.29, 1.82) is 0 Å². The average molecular weight is 253 g/mol. The van der Waals surface area contributed by atoms with Crippen molar-refractivity contribution in [2.75, 3.05) is 25.1 Å². The number of aliphatic carboxylic acids is 1. The van der Waals surface area contributed by atoms with Gasteiger partial charge >= 0.3 is 5.97 Å². The van der Waals surface area contributed by atoms with Crippen molar-refractivity contribution in [2.24, 2.45) is 5.92 Å². The van der Waals surface area contributed by atoms with Crippen LogP contribution in [-0.4, -0.2) is 41.2 Å². The minimum atomic E-state index is -0.826. The molecule has 6 nitrogen and oxygen atoms in total. The van der Waals surface area contributed by atoms with Gasteiger partial charge in [0.05, 0.1) is 13.0 Å². The molecule has 1 rings (SSSR count).